The summed E-state index contributed by atoms with van der Waals surface area (Å²) in [5.74, 6) is -1.95. The molecule has 0 saturated carbocycles. The lowest BCUT2D eigenvalue weighted by molar-refractivity contribution is -0.277. The summed E-state index contributed by atoms with van der Waals surface area (Å²) in [6, 6.07) is 5.88. The van der Waals surface area contributed by atoms with Crippen LogP contribution in [0, 0.1) is 0 Å². The highest BCUT2D eigenvalue weighted by Gasteiger charge is 2.45. The van der Waals surface area contributed by atoms with Gasteiger partial charge in [0.05, 0.1) is 13.7 Å². The van der Waals surface area contributed by atoms with Gasteiger partial charge in [0, 0.05) is 17.7 Å². The van der Waals surface area contributed by atoms with Gasteiger partial charge in [-0.1, -0.05) is 0 Å². The fourth-order valence-electron chi connectivity index (χ4n) is 3.68. The molecule has 1 saturated heterocycles. The van der Waals surface area contributed by atoms with Crippen molar-refractivity contribution in [2.24, 2.45) is 0 Å². The molecule has 34 heavy (non-hydrogen) atoms. The lowest BCUT2D eigenvalue weighted by Gasteiger charge is -2.39. The topological polar surface area (TPSA) is 200 Å². The zero-order valence-electron chi connectivity index (χ0n) is 17.7. The summed E-state index contributed by atoms with van der Waals surface area (Å²) < 4.78 is 21.9. The Morgan fingerprint density at radius 3 is 2.35 bits per heavy atom. The van der Waals surface area contributed by atoms with E-state index in [1.807, 2.05) is 0 Å². The van der Waals surface area contributed by atoms with Gasteiger partial charge >= 0.3 is 0 Å². The largest absolute Gasteiger partial charge is 0.508 e. The predicted octanol–water partition coefficient (Wildman–Crippen LogP) is -0.236. The van der Waals surface area contributed by atoms with Crippen molar-refractivity contribution in [3.05, 3.63) is 40.6 Å². The van der Waals surface area contributed by atoms with Gasteiger partial charge in [-0.3, -0.25) is 4.79 Å². The normalized spacial score (nSPS) is 24.8. The Kier molecular flexibility index (Phi) is 6.25. The third-order valence-electron chi connectivity index (χ3n) is 5.44. The maximum atomic E-state index is 13.3. The number of fused-ring (bicyclic) bond motifs is 1. The Balaban J connectivity index is 1.85. The number of phenolic OH excluding ortho intramolecular Hbond substituents is 3. The van der Waals surface area contributed by atoms with Crippen molar-refractivity contribution in [1.82, 2.24) is 0 Å². The van der Waals surface area contributed by atoms with E-state index >= 15 is 0 Å². The molecule has 1 aromatic heterocycles. The fraction of sp³-hybridized carbons (Fsp3) is 0.318. The van der Waals surface area contributed by atoms with E-state index in [0.29, 0.717) is 0 Å². The Morgan fingerprint density at radius 2 is 1.71 bits per heavy atom. The molecular weight excluding hydrogens is 456 g/mol. The first-order chi connectivity index (χ1) is 16.2. The predicted molar refractivity (Wildman–Crippen MR) is 114 cm³/mol. The minimum absolute atomic E-state index is 0.111. The van der Waals surface area contributed by atoms with Crippen molar-refractivity contribution in [2.45, 2.75) is 30.7 Å². The van der Waals surface area contributed by atoms with Gasteiger partial charge in [-0.2, -0.15) is 0 Å². The molecule has 0 amide bonds. The number of aliphatic hydroxyl groups excluding tert-OH is 4. The molecule has 182 valence electrons. The summed E-state index contributed by atoms with van der Waals surface area (Å²) in [4.78, 5) is 13.3. The second-order valence-corrected chi connectivity index (χ2v) is 7.63. The summed E-state index contributed by atoms with van der Waals surface area (Å²) in [6.07, 6.45) is -7.98. The minimum Gasteiger partial charge on any atom is -0.508 e. The van der Waals surface area contributed by atoms with Crippen LogP contribution in [-0.2, 0) is 4.74 Å². The summed E-state index contributed by atoms with van der Waals surface area (Å²) in [6.45, 7) is -0.690. The molecule has 1 aliphatic rings. The van der Waals surface area contributed by atoms with Crippen molar-refractivity contribution in [3.63, 3.8) is 0 Å². The first-order valence-corrected chi connectivity index (χ1v) is 10.0. The van der Waals surface area contributed by atoms with Crippen LogP contribution in [0.3, 0.4) is 0 Å². The second kappa shape index (κ2) is 9.00. The molecule has 0 spiro atoms. The van der Waals surface area contributed by atoms with E-state index in [1.165, 1.54) is 19.2 Å². The van der Waals surface area contributed by atoms with E-state index < -0.39 is 54.2 Å². The number of methoxy groups -OCH3 is 1. The van der Waals surface area contributed by atoms with Crippen LogP contribution in [-0.4, -0.2) is 80.2 Å². The van der Waals surface area contributed by atoms with Crippen LogP contribution in [0.1, 0.15) is 0 Å². The Hall–Kier alpha value is -3.55. The zero-order valence-corrected chi connectivity index (χ0v) is 17.7. The Labute approximate surface area is 191 Å². The molecule has 12 nitrogen and oxygen atoms in total. The van der Waals surface area contributed by atoms with Gasteiger partial charge in [-0.05, 0) is 18.2 Å². The maximum Gasteiger partial charge on any atom is 0.239 e. The number of phenols is 3. The van der Waals surface area contributed by atoms with Crippen molar-refractivity contribution in [1.29, 1.82) is 0 Å². The first kappa shape index (κ1) is 23.6. The average Bonchev–Trinajstić information content (AvgIpc) is 2.80. The lowest BCUT2D eigenvalue weighted by Crippen LogP contribution is -2.60. The summed E-state index contributed by atoms with van der Waals surface area (Å²) >= 11 is 0. The van der Waals surface area contributed by atoms with Gasteiger partial charge in [-0.15, -0.1) is 0 Å². The number of ether oxygens (including phenoxy) is 3. The highest BCUT2D eigenvalue weighted by molar-refractivity contribution is 5.88. The van der Waals surface area contributed by atoms with Crippen molar-refractivity contribution in [2.75, 3.05) is 13.7 Å². The third kappa shape index (κ3) is 3.97. The van der Waals surface area contributed by atoms with Crippen LogP contribution in [0.15, 0.2) is 39.5 Å². The zero-order chi connectivity index (χ0) is 24.7. The summed E-state index contributed by atoms with van der Waals surface area (Å²) in [5, 5.41) is 68.9. The van der Waals surface area contributed by atoms with Crippen LogP contribution in [0.5, 0.6) is 28.7 Å². The molecule has 2 heterocycles. The monoisotopic (exact) mass is 478 g/mol. The molecule has 0 bridgehead atoms. The van der Waals surface area contributed by atoms with Crippen LogP contribution < -0.4 is 14.9 Å². The van der Waals surface area contributed by atoms with Gasteiger partial charge < -0.3 is 54.4 Å². The average molecular weight is 478 g/mol. The summed E-state index contributed by atoms with van der Waals surface area (Å²) in [7, 11) is 1.21. The number of aliphatic hydroxyl groups is 4. The maximum absolute atomic E-state index is 13.3. The van der Waals surface area contributed by atoms with E-state index in [4.69, 9.17) is 18.6 Å². The molecule has 1 fully saturated rings. The van der Waals surface area contributed by atoms with Gasteiger partial charge in [0.25, 0.3) is 0 Å². The molecule has 2 aromatic carbocycles. The minimum atomic E-state index is -1.76. The fourth-order valence-corrected chi connectivity index (χ4v) is 3.68. The lowest BCUT2D eigenvalue weighted by atomic mass is 9.99. The van der Waals surface area contributed by atoms with Crippen LogP contribution >= 0.6 is 0 Å². The standard InChI is InChI=1S/C22H22O12/c1-31-21-17(28)15-12(32-20(21)8-2-3-10(25)11(26)4-8)5-9(24)6-13(15)33-22-19(30)18(29)16(27)14(7-23)34-22/h2-6,14,16,18-19,22-27,29-30H,7H2,1H3/t14-,16-,18-,19-,22-/m0/s1. The molecule has 4 rings (SSSR count). The molecule has 1 aliphatic heterocycles. The van der Waals surface area contributed by atoms with Crippen LogP contribution in [0.25, 0.3) is 22.3 Å². The molecule has 0 aliphatic carbocycles. The quantitative estimate of drug-likeness (QED) is 0.238. The van der Waals surface area contributed by atoms with Gasteiger partial charge in [-0.25, -0.2) is 0 Å². The van der Waals surface area contributed by atoms with Crippen LogP contribution in [0.4, 0.5) is 0 Å². The van der Waals surface area contributed by atoms with Crippen molar-refractivity contribution < 1.29 is 54.4 Å². The van der Waals surface area contributed by atoms with E-state index in [2.05, 4.69) is 0 Å². The SMILES string of the molecule is COc1c(-c2ccc(O)c(O)c2)oc2cc(O)cc(O[C@H]3O[C@@H](CO)[C@H](O)[C@H](O)[C@@H]3O)c2c1=O. The first-order valence-electron chi connectivity index (χ1n) is 10.0. The Morgan fingerprint density at radius 1 is 0.971 bits per heavy atom. The van der Waals surface area contributed by atoms with Crippen molar-refractivity contribution >= 4 is 11.0 Å². The molecule has 7 N–H and O–H groups in total. The number of hydrogen-bond donors (Lipinski definition) is 7. The van der Waals surface area contributed by atoms with Crippen molar-refractivity contribution in [3.8, 4) is 40.1 Å². The molecule has 0 radical (unpaired) electrons. The van der Waals surface area contributed by atoms with Gasteiger partial charge in [0.15, 0.2) is 17.3 Å². The van der Waals surface area contributed by atoms with Gasteiger partial charge in [0.1, 0.15) is 46.9 Å². The highest BCUT2D eigenvalue weighted by Crippen LogP contribution is 2.39. The number of rotatable bonds is 5. The number of aromatic hydroxyl groups is 3. The van der Waals surface area contributed by atoms with Crippen LogP contribution in [0.2, 0.25) is 0 Å². The smallest absolute Gasteiger partial charge is 0.239 e. The second-order valence-electron chi connectivity index (χ2n) is 7.63. The van der Waals surface area contributed by atoms with E-state index in [9.17, 15) is 40.5 Å². The molecule has 3 aromatic rings. The third-order valence-corrected chi connectivity index (χ3v) is 5.44. The van der Waals surface area contributed by atoms with E-state index in [1.54, 1.807) is 0 Å². The van der Waals surface area contributed by atoms with E-state index in [0.717, 1.165) is 18.2 Å². The molecule has 5 atom stereocenters. The number of benzene rings is 2. The van der Waals surface area contributed by atoms with Gasteiger partial charge in [0.2, 0.25) is 17.5 Å². The molecule has 12 heteroatoms. The number of hydrogen-bond acceptors (Lipinski definition) is 12. The highest BCUT2D eigenvalue weighted by atomic mass is 16.7. The summed E-state index contributed by atoms with van der Waals surface area (Å²) in [5.41, 5.74) is -0.718. The Bertz CT molecular complexity index is 1270. The molecular formula is C22H22O12. The van der Waals surface area contributed by atoms with E-state index in [-0.39, 0.29) is 39.5 Å². The molecule has 0 unspecified atom stereocenters.